The topological polar surface area (TPSA) is 29.5 Å². The molecule has 4 heteroatoms. The van der Waals surface area contributed by atoms with Crippen LogP contribution in [0.1, 0.15) is 5.56 Å². The molecule has 0 aromatic heterocycles. The first-order valence-electron chi connectivity index (χ1n) is 3.86. The van der Waals surface area contributed by atoms with Crippen LogP contribution in [0.2, 0.25) is 10.0 Å². The molecule has 0 saturated carbocycles. The molecule has 0 unspecified atom stereocenters. The maximum Gasteiger partial charge on any atom is 0.0732 e. The average Bonchev–Trinajstić information content (AvgIpc) is 2.09. The van der Waals surface area contributed by atoms with Crippen LogP contribution in [-0.2, 0) is 11.3 Å². The molecule has 0 saturated heterocycles. The normalized spacial score (nSPS) is 10.4. The molecule has 1 N–H and O–H groups in total. The molecule has 0 aliphatic rings. The third kappa shape index (κ3) is 3.53. The van der Waals surface area contributed by atoms with Gasteiger partial charge in [-0.1, -0.05) is 29.3 Å². The lowest BCUT2D eigenvalue weighted by Crippen LogP contribution is -1.99. The van der Waals surface area contributed by atoms with Gasteiger partial charge in [0.05, 0.1) is 19.8 Å². The van der Waals surface area contributed by atoms with E-state index in [-0.39, 0.29) is 6.61 Å². The lowest BCUT2D eigenvalue weighted by atomic mass is 10.2. The van der Waals surface area contributed by atoms with E-state index in [9.17, 15) is 0 Å². The van der Waals surface area contributed by atoms with Crippen LogP contribution in [0, 0.1) is 0 Å². The first-order valence-corrected chi connectivity index (χ1v) is 4.62. The number of ether oxygens (including phenoxy) is 1. The van der Waals surface area contributed by atoms with Crippen LogP contribution in [-0.4, -0.2) is 18.3 Å². The van der Waals surface area contributed by atoms with Gasteiger partial charge in [0.15, 0.2) is 0 Å². The van der Waals surface area contributed by atoms with Crippen molar-refractivity contribution in [2.45, 2.75) is 6.61 Å². The summed E-state index contributed by atoms with van der Waals surface area (Å²) < 4.78 is 5.11. The Hall–Kier alpha value is -0.280. The van der Waals surface area contributed by atoms with E-state index in [0.29, 0.717) is 23.3 Å². The van der Waals surface area contributed by atoms with Gasteiger partial charge in [0.2, 0.25) is 0 Å². The van der Waals surface area contributed by atoms with Crippen molar-refractivity contribution in [2.75, 3.05) is 13.2 Å². The Balaban J connectivity index is 2.56. The van der Waals surface area contributed by atoms with Gasteiger partial charge >= 0.3 is 0 Å². The minimum absolute atomic E-state index is 0.0191. The van der Waals surface area contributed by atoms with E-state index < -0.39 is 0 Å². The van der Waals surface area contributed by atoms with E-state index >= 15 is 0 Å². The minimum Gasteiger partial charge on any atom is -0.394 e. The van der Waals surface area contributed by atoms with Crippen LogP contribution in [0.4, 0.5) is 0 Å². The summed E-state index contributed by atoms with van der Waals surface area (Å²) in [6, 6.07) is 5.23. The molecule has 0 radical (unpaired) electrons. The molecule has 0 aliphatic heterocycles. The second-order valence-electron chi connectivity index (χ2n) is 2.51. The second-order valence-corrected chi connectivity index (χ2v) is 3.36. The predicted octanol–water partition coefficient (Wildman–Crippen LogP) is 2.50. The number of halogens is 2. The highest BCUT2D eigenvalue weighted by molar-refractivity contribution is 6.35. The molecule has 72 valence electrons. The highest BCUT2D eigenvalue weighted by Crippen LogP contribution is 2.21. The fourth-order valence-corrected chi connectivity index (χ4v) is 1.35. The van der Waals surface area contributed by atoms with Crippen LogP contribution in [0.15, 0.2) is 18.2 Å². The minimum atomic E-state index is 0.0191. The van der Waals surface area contributed by atoms with Gasteiger partial charge in [0.25, 0.3) is 0 Å². The SMILES string of the molecule is OCCOCc1ccc(Cl)cc1Cl. The first kappa shape index (κ1) is 10.8. The second kappa shape index (κ2) is 5.45. The van der Waals surface area contributed by atoms with Crippen LogP contribution >= 0.6 is 23.2 Å². The third-order valence-electron chi connectivity index (χ3n) is 1.51. The Bertz CT molecular complexity index is 276. The number of aliphatic hydroxyl groups is 1. The summed E-state index contributed by atoms with van der Waals surface area (Å²) in [6.45, 7) is 0.737. The van der Waals surface area contributed by atoms with Crippen LogP contribution in [0.3, 0.4) is 0 Å². The maximum absolute atomic E-state index is 8.48. The summed E-state index contributed by atoms with van der Waals surface area (Å²) in [5, 5.41) is 9.67. The summed E-state index contributed by atoms with van der Waals surface area (Å²) in [7, 11) is 0. The summed E-state index contributed by atoms with van der Waals surface area (Å²) in [5.74, 6) is 0. The number of rotatable bonds is 4. The Morgan fingerprint density at radius 2 is 2.08 bits per heavy atom. The molecular weight excluding hydrogens is 211 g/mol. The smallest absolute Gasteiger partial charge is 0.0732 e. The van der Waals surface area contributed by atoms with Gasteiger partial charge in [0.1, 0.15) is 0 Å². The molecular formula is C9H10Cl2O2. The molecule has 0 atom stereocenters. The largest absolute Gasteiger partial charge is 0.394 e. The van der Waals surface area contributed by atoms with E-state index in [1.54, 1.807) is 12.1 Å². The van der Waals surface area contributed by atoms with Crippen molar-refractivity contribution in [2.24, 2.45) is 0 Å². The van der Waals surface area contributed by atoms with Crippen LogP contribution in [0.5, 0.6) is 0 Å². The van der Waals surface area contributed by atoms with Gasteiger partial charge in [-0.15, -0.1) is 0 Å². The predicted molar refractivity (Wildman–Crippen MR) is 53.2 cm³/mol. The number of hydrogen-bond acceptors (Lipinski definition) is 2. The van der Waals surface area contributed by atoms with E-state index in [2.05, 4.69) is 0 Å². The van der Waals surface area contributed by atoms with Gasteiger partial charge in [-0.25, -0.2) is 0 Å². The molecule has 0 bridgehead atoms. The monoisotopic (exact) mass is 220 g/mol. The Kier molecular flexibility index (Phi) is 4.53. The highest BCUT2D eigenvalue weighted by atomic mass is 35.5. The lowest BCUT2D eigenvalue weighted by molar-refractivity contribution is 0.0816. The van der Waals surface area contributed by atoms with Crippen LogP contribution in [0.25, 0.3) is 0 Å². The molecule has 0 spiro atoms. The van der Waals surface area contributed by atoms with Crippen molar-refractivity contribution in [3.8, 4) is 0 Å². The van der Waals surface area contributed by atoms with Crippen LogP contribution < -0.4 is 0 Å². The summed E-state index contributed by atoms with van der Waals surface area (Å²) in [5.41, 5.74) is 0.875. The molecule has 1 aromatic rings. The Morgan fingerprint density at radius 1 is 1.31 bits per heavy atom. The molecule has 2 nitrogen and oxygen atoms in total. The molecule has 0 aliphatic carbocycles. The van der Waals surface area contributed by atoms with Crippen molar-refractivity contribution >= 4 is 23.2 Å². The van der Waals surface area contributed by atoms with Crippen molar-refractivity contribution in [1.29, 1.82) is 0 Å². The van der Waals surface area contributed by atoms with E-state index in [4.69, 9.17) is 33.0 Å². The zero-order chi connectivity index (χ0) is 9.68. The van der Waals surface area contributed by atoms with Crippen molar-refractivity contribution in [3.63, 3.8) is 0 Å². The van der Waals surface area contributed by atoms with Crippen molar-refractivity contribution in [1.82, 2.24) is 0 Å². The fourth-order valence-electron chi connectivity index (χ4n) is 0.885. The third-order valence-corrected chi connectivity index (χ3v) is 2.10. The number of aliphatic hydroxyl groups excluding tert-OH is 1. The van der Waals surface area contributed by atoms with E-state index in [1.165, 1.54) is 0 Å². The molecule has 0 amide bonds. The summed E-state index contributed by atoms with van der Waals surface area (Å²) in [6.07, 6.45) is 0. The van der Waals surface area contributed by atoms with Crippen molar-refractivity contribution < 1.29 is 9.84 Å². The molecule has 0 fully saturated rings. The van der Waals surface area contributed by atoms with E-state index in [1.807, 2.05) is 6.07 Å². The Labute approximate surface area is 87.0 Å². The zero-order valence-corrected chi connectivity index (χ0v) is 8.48. The number of benzene rings is 1. The van der Waals surface area contributed by atoms with Gasteiger partial charge in [-0.2, -0.15) is 0 Å². The number of hydrogen-bond donors (Lipinski definition) is 1. The maximum atomic E-state index is 8.48. The average molecular weight is 221 g/mol. The Morgan fingerprint density at radius 3 is 2.69 bits per heavy atom. The molecule has 1 aromatic carbocycles. The summed E-state index contributed by atoms with van der Waals surface area (Å²) >= 11 is 11.6. The molecule has 13 heavy (non-hydrogen) atoms. The fraction of sp³-hybridized carbons (Fsp3) is 0.333. The van der Waals surface area contributed by atoms with Gasteiger partial charge in [-0.05, 0) is 17.7 Å². The highest BCUT2D eigenvalue weighted by Gasteiger charge is 2.00. The van der Waals surface area contributed by atoms with E-state index in [0.717, 1.165) is 5.56 Å². The standard InChI is InChI=1S/C9H10Cl2O2/c10-8-2-1-7(9(11)5-8)6-13-4-3-12/h1-2,5,12H,3-4,6H2. The molecule has 0 heterocycles. The zero-order valence-electron chi connectivity index (χ0n) is 6.96. The summed E-state index contributed by atoms with van der Waals surface area (Å²) in [4.78, 5) is 0. The molecule has 1 rings (SSSR count). The lowest BCUT2D eigenvalue weighted by Gasteiger charge is -2.04. The van der Waals surface area contributed by atoms with Gasteiger partial charge in [-0.3, -0.25) is 0 Å². The van der Waals surface area contributed by atoms with Gasteiger partial charge in [0, 0.05) is 10.0 Å². The first-order chi connectivity index (χ1) is 6.24. The van der Waals surface area contributed by atoms with Crippen molar-refractivity contribution in [3.05, 3.63) is 33.8 Å². The quantitative estimate of drug-likeness (QED) is 0.791. The van der Waals surface area contributed by atoms with Gasteiger partial charge < -0.3 is 9.84 Å².